The average molecular weight is 374 g/mol. The number of likely N-dealkylation sites (tertiary alicyclic amines) is 1. The molecule has 148 valence electrons. The largest absolute Gasteiger partial charge is 0.481 e. The number of benzene rings is 1. The number of para-hydroxylation sites is 1. The summed E-state index contributed by atoms with van der Waals surface area (Å²) in [5.41, 5.74) is -0.882. The van der Waals surface area contributed by atoms with Crippen molar-refractivity contribution >= 4 is 17.6 Å². The molecule has 2 atom stereocenters. The van der Waals surface area contributed by atoms with Gasteiger partial charge in [0.2, 0.25) is 5.91 Å². The van der Waals surface area contributed by atoms with Gasteiger partial charge in [0.25, 0.3) is 0 Å². The molecule has 1 heterocycles. The lowest BCUT2D eigenvalue weighted by Gasteiger charge is -2.45. The molecule has 3 N–H and O–H groups in total. The highest BCUT2D eigenvalue weighted by Gasteiger charge is 2.51. The molecule has 2 fully saturated rings. The molecule has 1 saturated heterocycles. The Morgan fingerprint density at radius 2 is 1.85 bits per heavy atom. The number of aliphatic carboxylic acids is 1. The van der Waals surface area contributed by atoms with Gasteiger partial charge in [-0.3, -0.25) is 9.59 Å². The Kier molecular flexibility index (Phi) is 5.75. The zero-order chi connectivity index (χ0) is 19.5. The zero-order valence-corrected chi connectivity index (χ0v) is 16.0. The van der Waals surface area contributed by atoms with Gasteiger partial charge in [-0.2, -0.15) is 0 Å². The molecule has 27 heavy (non-hydrogen) atoms. The van der Waals surface area contributed by atoms with E-state index in [2.05, 4.69) is 5.32 Å². The minimum Gasteiger partial charge on any atom is -0.481 e. The van der Waals surface area contributed by atoms with Gasteiger partial charge in [-0.1, -0.05) is 44.4 Å². The topological polar surface area (TPSA) is 89.9 Å². The Bertz CT molecular complexity index is 672. The van der Waals surface area contributed by atoms with Crippen molar-refractivity contribution < 1.29 is 19.8 Å². The first-order valence-electron chi connectivity index (χ1n) is 9.98. The summed E-state index contributed by atoms with van der Waals surface area (Å²) in [4.78, 5) is 26.9. The van der Waals surface area contributed by atoms with Crippen LogP contribution in [0.5, 0.6) is 0 Å². The van der Waals surface area contributed by atoms with E-state index in [0.717, 1.165) is 31.4 Å². The predicted octanol–water partition coefficient (Wildman–Crippen LogP) is 2.88. The van der Waals surface area contributed by atoms with Crippen LogP contribution in [0.2, 0.25) is 0 Å². The maximum Gasteiger partial charge on any atom is 0.312 e. The molecule has 1 aliphatic heterocycles. The first kappa shape index (κ1) is 19.7. The molecule has 1 aromatic carbocycles. The first-order valence-corrected chi connectivity index (χ1v) is 9.98. The van der Waals surface area contributed by atoms with Crippen molar-refractivity contribution in [3.63, 3.8) is 0 Å². The summed E-state index contributed by atoms with van der Waals surface area (Å²) in [5, 5.41) is 23.8. The number of amides is 1. The lowest BCUT2D eigenvalue weighted by molar-refractivity contribution is -0.168. The number of piperidine rings is 1. The molecule has 6 nitrogen and oxygen atoms in total. The van der Waals surface area contributed by atoms with E-state index >= 15 is 0 Å². The van der Waals surface area contributed by atoms with E-state index < -0.39 is 23.0 Å². The molecular formula is C21H30N2O4. The van der Waals surface area contributed by atoms with Crippen molar-refractivity contribution in [2.24, 2.45) is 5.41 Å². The highest BCUT2D eigenvalue weighted by atomic mass is 16.4. The molecule has 1 aliphatic carbocycles. The van der Waals surface area contributed by atoms with E-state index in [1.165, 1.54) is 0 Å². The van der Waals surface area contributed by atoms with Crippen molar-refractivity contribution in [3.05, 3.63) is 30.3 Å². The Hall–Kier alpha value is -2.08. The molecule has 0 spiro atoms. The normalized spacial score (nSPS) is 27.3. The summed E-state index contributed by atoms with van der Waals surface area (Å²) < 4.78 is 0. The fourth-order valence-electron chi connectivity index (χ4n) is 4.73. The molecule has 1 amide bonds. The number of carboxylic acid groups (broad SMARTS) is 1. The number of rotatable bonds is 6. The number of aliphatic hydroxyl groups excluding tert-OH is 1. The lowest BCUT2D eigenvalue weighted by atomic mass is 9.72. The fourth-order valence-corrected chi connectivity index (χ4v) is 4.73. The van der Waals surface area contributed by atoms with Crippen LogP contribution >= 0.6 is 0 Å². The maximum atomic E-state index is 13.4. The second-order valence-electron chi connectivity index (χ2n) is 8.01. The number of hydrogen-bond acceptors (Lipinski definition) is 4. The van der Waals surface area contributed by atoms with Crippen LogP contribution in [-0.2, 0) is 9.59 Å². The van der Waals surface area contributed by atoms with Gasteiger partial charge in [0.1, 0.15) is 5.54 Å². The Balaban J connectivity index is 1.77. The second-order valence-corrected chi connectivity index (χ2v) is 8.01. The Morgan fingerprint density at radius 3 is 2.41 bits per heavy atom. The van der Waals surface area contributed by atoms with Gasteiger partial charge in [-0.15, -0.1) is 0 Å². The molecule has 3 rings (SSSR count). The SMILES string of the molecule is CCC[C@]1(C(=O)O)CCN(C(=O)C2(Nc3ccccc3)CCCC2)C[C@@H]1O. The van der Waals surface area contributed by atoms with E-state index in [1.807, 2.05) is 37.3 Å². The minimum atomic E-state index is -1.14. The minimum absolute atomic E-state index is 0.0154. The van der Waals surface area contributed by atoms with Gasteiger partial charge < -0.3 is 20.4 Å². The van der Waals surface area contributed by atoms with E-state index in [4.69, 9.17) is 0 Å². The summed E-state index contributed by atoms with van der Waals surface area (Å²) in [6.45, 7) is 2.38. The summed E-state index contributed by atoms with van der Waals surface area (Å²) in [6, 6.07) is 9.72. The summed E-state index contributed by atoms with van der Waals surface area (Å²) in [5.74, 6) is -0.972. The quantitative estimate of drug-likeness (QED) is 0.712. The predicted molar refractivity (Wildman–Crippen MR) is 103 cm³/mol. The summed E-state index contributed by atoms with van der Waals surface area (Å²) in [7, 11) is 0. The van der Waals surface area contributed by atoms with Crippen molar-refractivity contribution in [2.45, 2.75) is 63.5 Å². The Labute approximate surface area is 160 Å². The number of nitrogens with zero attached hydrogens (tertiary/aromatic N) is 1. The highest BCUT2D eigenvalue weighted by molar-refractivity contribution is 5.90. The molecule has 1 aromatic rings. The third-order valence-electron chi connectivity index (χ3n) is 6.29. The van der Waals surface area contributed by atoms with E-state index in [0.29, 0.717) is 25.8 Å². The van der Waals surface area contributed by atoms with Crippen LogP contribution in [0.3, 0.4) is 0 Å². The number of carbonyl (C=O) groups excluding carboxylic acids is 1. The number of nitrogens with one attached hydrogen (secondary N) is 1. The Morgan fingerprint density at radius 1 is 1.19 bits per heavy atom. The molecule has 2 aliphatic rings. The summed E-state index contributed by atoms with van der Waals surface area (Å²) >= 11 is 0. The number of β-amino-alcohol motifs (C(OH)–C–C–N with tert-alkyl or cyclic N) is 1. The van der Waals surface area contributed by atoms with Crippen LogP contribution in [0.4, 0.5) is 5.69 Å². The maximum absolute atomic E-state index is 13.4. The average Bonchev–Trinajstić information content (AvgIpc) is 3.13. The number of carbonyl (C=O) groups is 2. The van der Waals surface area contributed by atoms with Gasteiger partial charge in [-0.25, -0.2) is 0 Å². The van der Waals surface area contributed by atoms with E-state index in [-0.39, 0.29) is 12.5 Å². The van der Waals surface area contributed by atoms with Gasteiger partial charge >= 0.3 is 5.97 Å². The fraction of sp³-hybridized carbons (Fsp3) is 0.619. The molecule has 0 radical (unpaired) electrons. The van der Waals surface area contributed by atoms with Crippen molar-refractivity contribution in [3.8, 4) is 0 Å². The molecular weight excluding hydrogens is 344 g/mol. The van der Waals surface area contributed by atoms with Gasteiger partial charge in [-0.05, 0) is 37.8 Å². The number of anilines is 1. The summed E-state index contributed by atoms with van der Waals surface area (Å²) in [6.07, 6.45) is 3.86. The lowest BCUT2D eigenvalue weighted by Crippen LogP contribution is -2.61. The molecule has 1 saturated carbocycles. The molecule has 0 bridgehead atoms. The van der Waals surface area contributed by atoms with Crippen LogP contribution < -0.4 is 5.32 Å². The van der Waals surface area contributed by atoms with Crippen molar-refractivity contribution in [1.82, 2.24) is 4.90 Å². The zero-order valence-electron chi connectivity index (χ0n) is 16.0. The molecule has 0 unspecified atom stereocenters. The molecule has 0 aromatic heterocycles. The number of aliphatic hydroxyl groups is 1. The third-order valence-corrected chi connectivity index (χ3v) is 6.29. The first-order chi connectivity index (χ1) is 12.9. The highest BCUT2D eigenvalue weighted by Crippen LogP contribution is 2.40. The van der Waals surface area contributed by atoms with E-state index in [9.17, 15) is 19.8 Å². The standard InChI is InChI=1S/C21H30N2O4/c1-2-10-20(19(26)27)13-14-23(15-17(20)24)18(25)21(11-6-7-12-21)22-16-8-4-3-5-9-16/h3-5,8-9,17,22,24H,2,6-7,10-15H2,1H3,(H,26,27)/t17-,20-/m0/s1. The molecule has 6 heteroatoms. The smallest absolute Gasteiger partial charge is 0.312 e. The number of carboxylic acids is 1. The van der Waals surface area contributed by atoms with E-state index in [1.54, 1.807) is 4.90 Å². The van der Waals surface area contributed by atoms with Crippen molar-refractivity contribution in [2.75, 3.05) is 18.4 Å². The van der Waals surface area contributed by atoms with Crippen LogP contribution in [0, 0.1) is 5.41 Å². The van der Waals surface area contributed by atoms with Crippen molar-refractivity contribution in [1.29, 1.82) is 0 Å². The monoisotopic (exact) mass is 374 g/mol. The van der Waals surface area contributed by atoms with Gasteiger partial charge in [0, 0.05) is 18.8 Å². The van der Waals surface area contributed by atoms with Gasteiger partial charge in [0.15, 0.2) is 0 Å². The van der Waals surface area contributed by atoms with Crippen LogP contribution in [0.25, 0.3) is 0 Å². The van der Waals surface area contributed by atoms with Crippen LogP contribution in [0.15, 0.2) is 30.3 Å². The van der Waals surface area contributed by atoms with Gasteiger partial charge in [0.05, 0.1) is 11.5 Å². The third kappa shape index (κ3) is 3.68. The van der Waals surface area contributed by atoms with Crippen LogP contribution in [0.1, 0.15) is 51.9 Å². The van der Waals surface area contributed by atoms with Crippen LogP contribution in [-0.4, -0.2) is 51.7 Å². The second kappa shape index (κ2) is 7.89. The number of hydrogen-bond donors (Lipinski definition) is 3.